The van der Waals surface area contributed by atoms with Crippen LogP contribution in [-0.4, -0.2) is 38.3 Å². The van der Waals surface area contributed by atoms with Crippen LogP contribution in [0, 0.1) is 0 Å². The molecule has 2 aromatic carbocycles. The molecule has 1 amide bonds. The molecule has 0 spiro atoms. The second-order valence-electron chi connectivity index (χ2n) is 7.40. The first-order chi connectivity index (χ1) is 15.2. The Kier molecular flexibility index (Phi) is 5.30. The Bertz CT molecular complexity index is 1230. The number of para-hydroxylation sites is 1. The molecule has 0 saturated carbocycles. The first kappa shape index (κ1) is 19.6. The van der Waals surface area contributed by atoms with Crippen molar-refractivity contribution in [2.24, 2.45) is 0 Å². The van der Waals surface area contributed by atoms with Crippen molar-refractivity contribution in [3.05, 3.63) is 77.8 Å². The van der Waals surface area contributed by atoms with E-state index in [1.165, 1.54) is 11.8 Å². The monoisotopic (exact) mass is 432 g/mol. The van der Waals surface area contributed by atoms with Crippen LogP contribution in [0.3, 0.4) is 0 Å². The zero-order valence-corrected chi connectivity index (χ0v) is 17.5. The predicted molar refractivity (Wildman–Crippen MR) is 117 cm³/mol. The lowest BCUT2D eigenvalue weighted by atomic mass is 10.0. The molecule has 1 aliphatic rings. The van der Waals surface area contributed by atoms with Crippen LogP contribution in [0.2, 0.25) is 0 Å². The molecule has 0 aliphatic carbocycles. The van der Waals surface area contributed by atoms with Crippen molar-refractivity contribution in [2.75, 3.05) is 6.54 Å². The second-order valence-corrected chi connectivity index (χ2v) is 8.46. The number of nitrogens with one attached hydrogen (secondary N) is 1. The van der Waals surface area contributed by atoms with E-state index in [-0.39, 0.29) is 11.7 Å². The molecular formula is C23H20N4O3S. The summed E-state index contributed by atoms with van der Waals surface area (Å²) in [5.74, 6) is 0.441. The molecule has 2 aromatic heterocycles. The van der Waals surface area contributed by atoms with E-state index in [9.17, 15) is 9.59 Å². The lowest BCUT2D eigenvalue weighted by Crippen LogP contribution is -2.23. The topological polar surface area (TPSA) is 92.1 Å². The van der Waals surface area contributed by atoms with Crippen molar-refractivity contribution >= 4 is 34.4 Å². The molecule has 0 bridgehead atoms. The molecule has 1 N–H and O–H groups in total. The van der Waals surface area contributed by atoms with Crippen molar-refractivity contribution in [3.63, 3.8) is 0 Å². The zero-order chi connectivity index (χ0) is 21.2. The number of amides is 1. The fourth-order valence-electron chi connectivity index (χ4n) is 3.80. The van der Waals surface area contributed by atoms with E-state index in [0.717, 1.165) is 22.9 Å². The van der Waals surface area contributed by atoms with E-state index in [1.54, 1.807) is 11.1 Å². The van der Waals surface area contributed by atoms with Crippen molar-refractivity contribution < 1.29 is 14.0 Å². The highest BCUT2D eigenvalue weighted by atomic mass is 32.2. The van der Waals surface area contributed by atoms with Crippen LogP contribution in [0.25, 0.3) is 10.9 Å². The molecule has 3 heterocycles. The summed E-state index contributed by atoms with van der Waals surface area (Å²) in [5.41, 5.74) is 2.40. The van der Waals surface area contributed by atoms with Crippen molar-refractivity contribution in [3.8, 4) is 0 Å². The molecule has 1 saturated heterocycles. The van der Waals surface area contributed by atoms with Crippen LogP contribution in [0.15, 0.2) is 70.4 Å². The van der Waals surface area contributed by atoms with Crippen LogP contribution in [0.5, 0.6) is 0 Å². The number of aromatic amines is 1. The minimum atomic E-state index is -0.540. The molecule has 7 nitrogen and oxygen atoms in total. The number of aromatic nitrogens is 3. The highest BCUT2D eigenvalue weighted by Gasteiger charge is 2.28. The number of carbonyl (C=O) groups excluding carboxylic acids is 2. The van der Waals surface area contributed by atoms with Gasteiger partial charge >= 0.3 is 0 Å². The average Bonchev–Trinajstić information content (AvgIpc) is 3.53. The van der Waals surface area contributed by atoms with Gasteiger partial charge in [-0.3, -0.25) is 9.59 Å². The van der Waals surface area contributed by atoms with Crippen molar-refractivity contribution in [1.29, 1.82) is 0 Å². The predicted octanol–water partition coefficient (Wildman–Crippen LogP) is 4.39. The Morgan fingerprint density at radius 3 is 2.74 bits per heavy atom. The number of nitrogens with zero attached hydrogens (tertiary/aromatic N) is 3. The van der Waals surface area contributed by atoms with E-state index >= 15 is 0 Å². The van der Waals surface area contributed by atoms with Gasteiger partial charge in [0.05, 0.1) is 6.54 Å². The summed E-state index contributed by atoms with van der Waals surface area (Å²) >= 11 is 1.23. The number of Topliss-reactive ketones (excluding diaryl/α,β-unsaturated/α-hetero) is 1. The Balaban J connectivity index is 1.42. The summed E-state index contributed by atoms with van der Waals surface area (Å²) in [5, 5.41) is 8.86. The van der Waals surface area contributed by atoms with Crippen LogP contribution in [0.1, 0.15) is 39.9 Å². The van der Waals surface area contributed by atoms with E-state index in [0.29, 0.717) is 36.2 Å². The quantitative estimate of drug-likeness (QED) is 0.344. The summed E-state index contributed by atoms with van der Waals surface area (Å²) < 4.78 is 5.79. The standard InChI is InChI=1S/C23H20N4O3S/c28-20-11-6-12-27(20)14-19-25-26-23(30-19)31-22(15-7-2-1-3-8-15)21(29)17-13-24-18-10-5-4-9-16(17)18/h1-5,7-10,13,22,24H,6,11-12,14H2. The minimum absolute atomic E-state index is 0.0388. The largest absolute Gasteiger partial charge is 0.414 e. The number of likely N-dealkylation sites (tertiary alicyclic amines) is 1. The molecule has 5 rings (SSSR count). The van der Waals surface area contributed by atoms with Gasteiger partial charge in [0.25, 0.3) is 5.22 Å². The van der Waals surface area contributed by atoms with Crippen LogP contribution < -0.4 is 0 Å². The molecule has 1 fully saturated rings. The molecule has 4 aromatic rings. The fourth-order valence-corrected chi connectivity index (χ4v) is 4.76. The SMILES string of the molecule is O=C(c1c[nH]c2ccccc12)C(Sc1nnc(CN2CCCC2=O)o1)c1ccccc1. The number of carbonyl (C=O) groups is 2. The Labute approximate surface area is 182 Å². The second kappa shape index (κ2) is 8.39. The minimum Gasteiger partial charge on any atom is -0.414 e. The maximum Gasteiger partial charge on any atom is 0.277 e. The highest BCUT2D eigenvalue weighted by Crippen LogP contribution is 2.38. The number of ketones is 1. The number of hydrogen-bond donors (Lipinski definition) is 1. The fraction of sp³-hybridized carbons (Fsp3) is 0.217. The number of fused-ring (bicyclic) bond motifs is 1. The highest BCUT2D eigenvalue weighted by molar-refractivity contribution is 8.00. The Morgan fingerprint density at radius 2 is 1.94 bits per heavy atom. The first-order valence-corrected chi connectivity index (χ1v) is 11.0. The summed E-state index contributed by atoms with van der Waals surface area (Å²) in [7, 11) is 0. The first-order valence-electron chi connectivity index (χ1n) is 10.1. The van der Waals surface area contributed by atoms with E-state index in [2.05, 4.69) is 15.2 Å². The van der Waals surface area contributed by atoms with Gasteiger partial charge in [-0.25, -0.2) is 0 Å². The van der Waals surface area contributed by atoms with Crippen LogP contribution in [0.4, 0.5) is 0 Å². The number of H-pyrrole nitrogens is 1. The van der Waals surface area contributed by atoms with E-state index in [4.69, 9.17) is 4.42 Å². The molecule has 31 heavy (non-hydrogen) atoms. The van der Waals surface area contributed by atoms with Gasteiger partial charge in [0.15, 0.2) is 5.78 Å². The summed E-state index contributed by atoms with van der Waals surface area (Å²) in [6.45, 7) is 1.01. The lowest BCUT2D eigenvalue weighted by molar-refractivity contribution is -0.128. The van der Waals surface area contributed by atoms with Gasteiger partial charge in [-0.15, -0.1) is 10.2 Å². The van der Waals surface area contributed by atoms with Crippen LogP contribution in [-0.2, 0) is 11.3 Å². The third-order valence-electron chi connectivity index (χ3n) is 5.36. The van der Waals surface area contributed by atoms with Gasteiger partial charge in [0, 0.05) is 35.6 Å². The maximum atomic E-state index is 13.6. The molecule has 1 unspecified atom stereocenters. The summed E-state index contributed by atoms with van der Waals surface area (Å²) in [6, 6.07) is 17.3. The number of hydrogen-bond acceptors (Lipinski definition) is 6. The summed E-state index contributed by atoms with van der Waals surface area (Å²) in [4.78, 5) is 30.3. The van der Waals surface area contributed by atoms with Gasteiger partial charge < -0.3 is 14.3 Å². The summed E-state index contributed by atoms with van der Waals surface area (Å²) in [6.07, 6.45) is 3.16. The Morgan fingerprint density at radius 1 is 1.13 bits per heavy atom. The van der Waals surface area contributed by atoms with E-state index < -0.39 is 5.25 Å². The molecular weight excluding hydrogens is 412 g/mol. The van der Waals surface area contributed by atoms with Crippen molar-refractivity contribution in [2.45, 2.75) is 29.9 Å². The molecule has 0 radical (unpaired) electrons. The lowest BCUT2D eigenvalue weighted by Gasteiger charge is -2.14. The van der Waals surface area contributed by atoms with Gasteiger partial charge in [-0.1, -0.05) is 48.5 Å². The Hall–Kier alpha value is -3.39. The van der Waals surface area contributed by atoms with Gasteiger partial charge in [0.1, 0.15) is 5.25 Å². The van der Waals surface area contributed by atoms with Crippen LogP contribution >= 0.6 is 11.8 Å². The average molecular weight is 433 g/mol. The molecule has 1 aliphatic heterocycles. The van der Waals surface area contributed by atoms with Gasteiger partial charge in [-0.05, 0) is 29.8 Å². The van der Waals surface area contributed by atoms with Gasteiger partial charge in [-0.2, -0.15) is 0 Å². The normalized spacial score (nSPS) is 15.0. The number of thioether (sulfide) groups is 1. The number of rotatable bonds is 7. The number of benzene rings is 2. The third-order valence-corrected chi connectivity index (χ3v) is 6.45. The maximum absolute atomic E-state index is 13.6. The zero-order valence-electron chi connectivity index (χ0n) is 16.7. The molecule has 8 heteroatoms. The third kappa shape index (κ3) is 3.98. The molecule has 1 atom stereocenters. The van der Waals surface area contributed by atoms with Crippen molar-refractivity contribution in [1.82, 2.24) is 20.1 Å². The van der Waals surface area contributed by atoms with Gasteiger partial charge in [0.2, 0.25) is 11.8 Å². The van der Waals surface area contributed by atoms with E-state index in [1.807, 2.05) is 54.6 Å². The molecule has 156 valence electrons. The smallest absolute Gasteiger partial charge is 0.277 e.